The summed E-state index contributed by atoms with van der Waals surface area (Å²) in [6.45, 7) is 11.4. The Hall–Kier alpha value is -0.340. The zero-order valence-corrected chi connectivity index (χ0v) is 21.1. The van der Waals surface area contributed by atoms with Crippen LogP contribution in [0.2, 0.25) is 0 Å². The lowest BCUT2D eigenvalue weighted by atomic mass is 9.48. The predicted octanol–water partition coefficient (Wildman–Crippen LogP) is 7.28. The van der Waals surface area contributed by atoms with Gasteiger partial charge >= 0.3 is 0 Å². The van der Waals surface area contributed by atoms with Crippen LogP contribution in [0.15, 0.2) is 11.6 Å². The first-order valence-corrected chi connectivity index (χ1v) is 13.8. The predicted molar refractivity (Wildman–Crippen MR) is 130 cm³/mol. The lowest BCUT2D eigenvalue weighted by molar-refractivity contribution is -0.0129. The average molecular weight is 431 g/mol. The summed E-state index contributed by atoms with van der Waals surface area (Å²) < 4.78 is 0. The van der Waals surface area contributed by atoms with Gasteiger partial charge in [-0.05, 0) is 117 Å². The zero-order chi connectivity index (χ0) is 22.4. The molecule has 0 saturated heterocycles. The maximum atomic E-state index is 10.5. The number of aliphatic hydroxyl groups excluding tert-OH is 2. The third kappa shape index (κ3) is 4.07. The van der Waals surface area contributed by atoms with Gasteiger partial charge < -0.3 is 10.2 Å². The Balaban J connectivity index is 0.00000112. The highest BCUT2D eigenvalue weighted by atomic mass is 16.3. The fourth-order valence-electron chi connectivity index (χ4n) is 8.52. The number of rotatable bonds is 5. The van der Waals surface area contributed by atoms with Crippen LogP contribution < -0.4 is 0 Å². The van der Waals surface area contributed by atoms with E-state index in [1.807, 2.05) is 13.8 Å². The molecule has 5 aliphatic rings. The molecule has 0 spiro atoms. The van der Waals surface area contributed by atoms with E-state index >= 15 is 0 Å². The Kier molecular flexibility index (Phi) is 6.75. The van der Waals surface area contributed by atoms with Gasteiger partial charge in [0.15, 0.2) is 0 Å². The molecule has 4 saturated carbocycles. The molecule has 0 amide bonds. The molecule has 2 N–H and O–H groups in total. The second-order valence-corrected chi connectivity index (χ2v) is 12.6. The number of allylic oxidation sites excluding steroid dienone is 2. The monoisotopic (exact) mass is 430 g/mol. The van der Waals surface area contributed by atoms with Gasteiger partial charge in [0.25, 0.3) is 0 Å². The smallest absolute Gasteiger partial charge is 0.0593 e. The molecule has 0 heterocycles. The Morgan fingerprint density at radius 3 is 2.45 bits per heavy atom. The summed E-state index contributed by atoms with van der Waals surface area (Å²) in [7, 11) is 0. The van der Waals surface area contributed by atoms with E-state index in [-0.39, 0.29) is 17.6 Å². The molecule has 178 valence electrons. The van der Waals surface area contributed by atoms with E-state index in [9.17, 15) is 10.2 Å². The normalized spacial score (nSPS) is 45.9. The minimum Gasteiger partial charge on any atom is -0.393 e. The summed E-state index contributed by atoms with van der Waals surface area (Å²) in [5.74, 6) is 3.25. The molecular weight excluding hydrogens is 380 g/mol. The van der Waals surface area contributed by atoms with Crippen LogP contribution in [0.5, 0.6) is 0 Å². The van der Waals surface area contributed by atoms with Gasteiger partial charge in [0.05, 0.1) is 12.2 Å². The van der Waals surface area contributed by atoms with Gasteiger partial charge in [-0.25, -0.2) is 0 Å². The van der Waals surface area contributed by atoms with Gasteiger partial charge in [-0.2, -0.15) is 0 Å². The van der Waals surface area contributed by atoms with Crippen molar-refractivity contribution in [3.05, 3.63) is 11.6 Å². The Labute approximate surface area is 192 Å². The van der Waals surface area contributed by atoms with Crippen molar-refractivity contribution in [2.45, 2.75) is 130 Å². The lowest BCUT2D eigenvalue weighted by Gasteiger charge is -2.56. The number of fused-ring (bicyclic) bond motifs is 5. The molecule has 0 bridgehead atoms. The van der Waals surface area contributed by atoms with Gasteiger partial charge in [-0.15, -0.1) is 0 Å². The van der Waals surface area contributed by atoms with Crippen LogP contribution in [-0.2, 0) is 0 Å². The van der Waals surface area contributed by atoms with E-state index in [0.717, 1.165) is 37.0 Å². The Morgan fingerprint density at radius 1 is 1.00 bits per heavy atom. The maximum absolute atomic E-state index is 10.5. The molecule has 2 heteroatoms. The van der Waals surface area contributed by atoms with Crippen molar-refractivity contribution in [1.82, 2.24) is 0 Å². The number of hydrogen-bond donors (Lipinski definition) is 2. The Morgan fingerprint density at radius 2 is 1.74 bits per heavy atom. The van der Waals surface area contributed by atoms with Gasteiger partial charge in [0.2, 0.25) is 0 Å². The molecule has 4 fully saturated rings. The van der Waals surface area contributed by atoms with Crippen molar-refractivity contribution in [2.24, 2.45) is 39.9 Å². The third-order valence-corrected chi connectivity index (χ3v) is 11.1. The van der Waals surface area contributed by atoms with Crippen molar-refractivity contribution in [3.8, 4) is 0 Å². The molecule has 5 rings (SSSR count). The molecule has 31 heavy (non-hydrogen) atoms. The first kappa shape index (κ1) is 23.8. The molecule has 0 aromatic rings. The van der Waals surface area contributed by atoms with E-state index in [4.69, 9.17) is 0 Å². The first-order valence-electron chi connectivity index (χ1n) is 13.8. The molecule has 0 aliphatic heterocycles. The third-order valence-electron chi connectivity index (χ3n) is 11.1. The van der Waals surface area contributed by atoms with Gasteiger partial charge in [-0.1, -0.05) is 52.7 Å². The van der Waals surface area contributed by atoms with Crippen molar-refractivity contribution < 1.29 is 10.2 Å². The molecule has 0 aromatic heterocycles. The van der Waals surface area contributed by atoms with Crippen molar-refractivity contribution in [3.63, 3.8) is 0 Å². The number of aliphatic hydroxyl groups is 2. The summed E-state index contributed by atoms with van der Waals surface area (Å²) in [5.41, 5.74) is 2.92. The minimum absolute atomic E-state index is 0.0526. The van der Waals surface area contributed by atoms with Crippen LogP contribution in [0.25, 0.3) is 0 Å². The summed E-state index contributed by atoms with van der Waals surface area (Å²) >= 11 is 0. The van der Waals surface area contributed by atoms with E-state index < -0.39 is 0 Å². The second kappa shape index (κ2) is 8.79. The standard InChI is InChI=1S/C27H44O2.C2H6/c1-25(15-16-25)24(29)6-4-5-18-8-10-22-21-9-7-19-17-20(28)11-13-27(19,3)23(21)12-14-26(18,22)2;1-2/h12,18-22,24,28-29H,4-11,13-17H2,1-3H3;1-2H3. The molecule has 2 nitrogen and oxygen atoms in total. The minimum atomic E-state index is -0.0674. The van der Waals surface area contributed by atoms with Crippen LogP contribution in [0.4, 0.5) is 0 Å². The quantitative estimate of drug-likeness (QED) is 0.450. The summed E-state index contributed by atoms with van der Waals surface area (Å²) in [6.07, 6.45) is 18.6. The van der Waals surface area contributed by atoms with Crippen molar-refractivity contribution in [1.29, 1.82) is 0 Å². The number of hydrogen-bond acceptors (Lipinski definition) is 2. The highest BCUT2D eigenvalue weighted by molar-refractivity contribution is 5.28. The molecule has 0 radical (unpaired) electrons. The second-order valence-electron chi connectivity index (χ2n) is 12.6. The van der Waals surface area contributed by atoms with Crippen LogP contribution in [0.1, 0.15) is 118 Å². The average Bonchev–Trinajstić information content (AvgIpc) is 3.42. The molecular formula is C29H50O2. The largest absolute Gasteiger partial charge is 0.393 e. The van der Waals surface area contributed by atoms with E-state index in [1.54, 1.807) is 5.57 Å². The van der Waals surface area contributed by atoms with E-state index in [1.165, 1.54) is 64.2 Å². The summed E-state index contributed by atoms with van der Waals surface area (Å²) in [6, 6.07) is 0. The van der Waals surface area contributed by atoms with Crippen LogP contribution >= 0.6 is 0 Å². The maximum Gasteiger partial charge on any atom is 0.0593 e. The molecule has 5 aliphatic carbocycles. The topological polar surface area (TPSA) is 40.5 Å². The first-order chi connectivity index (χ1) is 14.8. The van der Waals surface area contributed by atoms with Crippen LogP contribution in [-0.4, -0.2) is 22.4 Å². The van der Waals surface area contributed by atoms with Gasteiger partial charge in [0.1, 0.15) is 0 Å². The van der Waals surface area contributed by atoms with Crippen LogP contribution in [0.3, 0.4) is 0 Å². The van der Waals surface area contributed by atoms with E-state index in [0.29, 0.717) is 16.7 Å². The molecule has 8 atom stereocenters. The fourth-order valence-corrected chi connectivity index (χ4v) is 8.52. The van der Waals surface area contributed by atoms with Gasteiger partial charge in [0, 0.05) is 0 Å². The highest BCUT2D eigenvalue weighted by Crippen LogP contribution is 2.66. The lowest BCUT2D eigenvalue weighted by Crippen LogP contribution is -2.48. The Bertz CT molecular complexity index is 664. The SMILES string of the molecule is CC.CC1(C(O)CCCC2CCC3C4CCC5CC(O)CCC5(C)C4=CCC23C)CC1. The summed E-state index contributed by atoms with van der Waals surface area (Å²) in [5, 5.41) is 20.7. The van der Waals surface area contributed by atoms with Crippen molar-refractivity contribution in [2.75, 3.05) is 0 Å². The summed E-state index contributed by atoms with van der Waals surface area (Å²) in [4.78, 5) is 0. The van der Waals surface area contributed by atoms with E-state index in [2.05, 4.69) is 26.8 Å². The molecule has 8 unspecified atom stereocenters. The van der Waals surface area contributed by atoms with Crippen LogP contribution in [0, 0.1) is 39.9 Å². The van der Waals surface area contributed by atoms with Crippen molar-refractivity contribution >= 4 is 0 Å². The zero-order valence-electron chi connectivity index (χ0n) is 21.1. The molecule has 0 aromatic carbocycles. The van der Waals surface area contributed by atoms with Gasteiger partial charge in [-0.3, -0.25) is 0 Å². The fraction of sp³-hybridized carbons (Fsp3) is 0.931. The highest BCUT2D eigenvalue weighted by Gasteiger charge is 2.56.